The molecular weight excluding hydrogens is 415 g/mol. The monoisotopic (exact) mass is 429 g/mol. The van der Waals surface area contributed by atoms with Gasteiger partial charge in [-0.05, 0) is 24.5 Å². The Morgan fingerprint density at radius 2 is 2.04 bits per heavy atom. The van der Waals surface area contributed by atoms with Crippen LogP contribution in [0.3, 0.4) is 0 Å². The van der Waals surface area contributed by atoms with Gasteiger partial charge in [0, 0.05) is 0 Å². The molecule has 3 N–H and O–H groups in total. The lowest BCUT2D eigenvalue weighted by atomic mass is 10.2. The number of carbonyl (C=O) groups excluding carboxylic acids is 1. The summed E-state index contributed by atoms with van der Waals surface area (Å²) in [6, 6.07) is 4.72. The molecule has 0 saturated heterocycles. The summed E-state index contributed by atoms with van der Waals surface area (Å²) >= 11 is 2.13. The second-order valence-corrected chi connectivity index (χ2v) is 6.89. The van der Waals surface area contributed by atoms with Crippen LogP contribution in [0.25, 0.3) is 0 Å². The van der Waals surface area contributed by atoms with E-state index in [1.165, 1.54) is 18.9 Å². The number of rotatable bonds is 6. The summed E-state index contributed by atoms with van der Waals surface area (Å²) in [5.41, 5.74) is 4.74. The normalized spacial score (nSPS) is 11.0. The standard InChI is InChI=1S/C16H14F3N5O2S2/c1-26-11-4-3-8(16(17,18)19)5-10(11)22-12(25)7-28-14-9(6-20)13(27-2)23-15(21)24-14/h3-5H,7H2,1-2H3,(H,22,25)(H2,21,23,24). The molecule has 28 heavy (non-hydrogen) atoms. The SMILES string of the molecule is COc1ccc(C(F)(F)F)cc1NC(=O)CSc1nc(N)nc(SC)c1C#N. The number of hydrogen-bond acceptors (Lipinski definition) is 8. The molecule has 0 spiro atoms. The Kier molecular flexibility index (Phi) is 6.98. The van der Waals surface area contributed by atoms with E-state index in [0.29, 0.717) is 5.03 Å². The number of nitrogens with one attached hydrogen (secondary N) is 1. The molecule has 12 heteroatoms. The Morgan fingerprint density at radius 3 is 2.61 bits per heavy atom. The van der Waals surface area contributed by atoms with Crippen LogP contribution < -0.4 is 15.8 Å². The molecule has 1 aromatic carbocycles. The first kappa shape index (κ1) is 21.6. The molecule has 0 saturated carbocycles. The van der Waals surface area contributed by atoms with Gasteiger partial charge in [-0.15, -0.1) is 11.8 Å². The van der Waals surface area contributed by atoms with Crippen molar-refractivity contribution in [2.75, 3.05) is 30.2 Å². The molecule has 0 unspecified atom stereocenters. The van der Waals surface area contributed by atoms with E-state index in [4.69, 9.17) is 10.5 Å². The number of alkyl halides is 3. The predicted octanol–water partition coefficient (Wildman–Crippen LogP) is 3.41. The number of ether oxygens (including phenoxy) is 1. The zero-order valence-corrected chi connectivity index (χ0v) is 16.3. The van der Waals surface area contributed by atoms with Crippen LogP contribution in [0.2, 0.25) is 0 Å². The van der Waals surface area contributed by atoms with Crippen LogP contribution in [-0.2, 0) is 11.0 Å². The van der Waals surface area contributed by atoms with Crippen molar-refractivity contribution >= 4 is 41.1 Å². The van der Waals surface area contributed by atoms with Gasteiger partial charge in [0.25, 0.3) is 0 Å². The summed E-state index contributed by atoms with van der Waals surface area (Å²) in [5, 5.41) is 12.2. The fraction of sp³-hybridized carbons (Fsp3) is 0.250. The van der Waals surface area contributed by atoms with Gasteiger partial charge in [0.1, 0.15) is 27.4 Å². The first-order valence-corrected chi connectivity index (χ1v) is 9.70. The van der Waals surface area contributed by atoms with Crippen LogP contribution in [-0.4, -0.2) is 35.0 Å². The number of nitrogen functional groups attached to an aromatic ring is 1. The molecule has 1 aromatic heterocycles. The Hall–Kier alpha value is -2.65. The number of halogens is 3. The van der Waals surface area contributed by atoms with E-state index in [2.05, 4.69) is 15.3 Å². The van der Waals surface area contributed by atoms with Crippen molar-refractivity contribution < 1.29 is 22.7 Å². The summed E-state index contributed by atoms with van der Waals surface area (Å²) in [6.07, 6.45) is -2.85. The minimum atomic E-state index is -4.56. The number of thioether (sulfide) groups is 2. The first-order chi connectivity index (χ1) is 13.2. The number of nitrogens with zero attached hydrogens (tertiary/aromatic N) is 3. The highest BCUT2D eigenvalue weighted by Gasteiger charge is 2.31. The van der Waals surface area contributed by atoms with Gasteiger partial charge in [0.15, 0.2) is 0 Å². The van der Waals surface area contributed by atoms with Crippen LogP contribution >= 0.6 is 23.5 Å². The van der Waals surface area contributed by atoms with Gasteiger partial charge in [-0.25, -0.2) is 9.97 Å². The van der Waals surface area contributed by atoms with E-state index >= 15 is 0 Å². The number of carbonyl (C=O) groups is 1. The van der Waals surface area contributed by atoms with Gasteiger partial charge in [0.2, 0.25) is 11.9 Å². The van der Waals surface area contributed by atoms with Crippen molar-refractivity contribution in [3.05, 3.63) is 29.3 Å². The third-order valence-electron chi connectivity index (χ3n) is 3.31. The summed E-state index contributed by atoms with van der Waals surface area (Å²) < 4.78 is 43.6. The number of aromatic nitrogens is 2. The van der Waals surface area contributed by atoms with Crippen molar-refractivity contribution in [3.63, 3.8) is 0 Å². The maximum atomic E-state index is 12.9. The van der Waals surface area contributed by atoms with Crippen LogP contribution in [0.4, 0.5) is 24.8 Å². The van der Waals surface area contributed by atoms with Gasteiger partial charge >= 0.3 is 6.18 Å². The Morgan fingerprint density at radius 1 is 1.36 bits per heavy atom. The molecular formula is C16H14F3N5O2S2. The molecule has 7 nitrogen and oxygen atoms in total. The van der Waals surface area contributed by atoms with Crippen LogP contribution in [0.1, 0.15) is 11.1 Å². The highest BCUT2D eigenvalue weighted by Crippen LogP contribution is 2.35. The van der Waals surface area contributed by atoms with Gasteiger partial charge in [-0.2, -0.15) is 18.4 Å². The third kappa shape index (κ3) is 5.20. The number of nitriles is 1. The summed E-state index contributed by atoms with van der Waals surface area (Å²) in [6.45, 7) is 0. The Balaban J connectivity index is 2.18. The molecule has 0 aliphatic rings. The van der Waals surface area contributed by atoms with E-state index in [9.17, 15) is 23.2 Å². The topological polar surface area (TPSA) is 114 Å². The van der Waals surface area contributed by atoms with Crippen LogP contribution in [0, 0.1) is 11.3 Å². The van der Waals surface area contributed by atoms with E-state index < -0.39 is 17.6 Å². The quantitative estimate of drug-likeness (QED) is 0.530. The lowest BCUT2D eigenvalue weighted by molar-refractivity contribution is -0.137. The molecule has 1 heterocycles. The maximum Gasteiger partial charge on any atom is 0.416 e. The van der Waals surface area contributed by atoms with Crippen molar-refractivity contribution in [1.29, 1.82) is 5.26 Å². The largest absolute Gasteiger partial charge is 0.495 e. The minimum Gasteiger partial charge on any atom is -0.495 e. The van der Waals surface area contributed by atoms with E-state index in [1.807, 2.05) is 6.07 Å². The number of amides is 1. The lowest BCUT2D eigenvalue weighted by Crippen LogP contribution is -2.16. The molecule has 0 atom stereocenters. The highest BCUT2D eigenvalue weighted by molar-refractivity contribution is 8.00. The zero-order valence-electron chi connectivity index (χ0n) is 14.6. The molecule has 0 bridgehead atoms. The van der Waals surface area contributed by atoms with Gasteiger partial charge in [0.05, 0.1) is 24.1 Å². The van der Waals surface area contributed by atoms with E-state index in [1.54, 1.807) is 6.26 Å². The molecule has 148 valence electrons. The second-order valence-electron chi connectivity index (χ2n) is 5.13. The van der Waals surface area contributed by atoms with Gasteiger partial charge in [-0.3, -0.25) is 4.79 Å². The number of anilines is 2. The molecule has 0 radical (unpaired) electrons. The van der Waals surface area contributed by atoms with E-state index in [-0.39, 0.29) is 33.7 Å². The number of nitrogens with two attached hydrogens (primary N) is 1. The molecule has 1 amide bonds. The summed E-state index contributed by atoms with van der Waals surface area (Å²) in [7, 11) is 1.28. The maximum absolute atomic E-state index is 12.9. The van der Waals surface area contributed by atoms with Gasteiger partial charge in [-0.1, -0.05) is 11.8 Å². The molecule has 0 aliphatic heterocycles. The first-order valence-electron chi connectivity index (χ1n) is 7.49. The molecule has 2 aromatic rings. The Labute approximate surface area is 166 Å². The average Bonchev–Trinajstić information content (AvgIpc) is 2.64. The van der Waals surface area contributed by atoms with Crippen LogP contribution in [0.5, 0.6) is 5.75 Å². The average molecular weight is 429 g/mol. The van der Waals surface area contributed by atoms with Crippen molar-refractivity contribution in [3.8, 4) is 11.8 Å². The predicted molar refractivity (Wildman–Crippen MR) is 100 cm³/mol. The zero-order chi connectivity index (χ0) is 20.9. The number of methoxy groups -OCH3 is 1. The second kappa shape index (κ2) is 9.03. The molecule has 0 aliphatic carbocycles. The molecule has 0 fully saturated rings. The van der Waals surface area contributed by atoms with E-state index in [0.717, 1.165) is 30.0 Å². The number of hydrogen-bond donors (Lipinski definition) is 2. The summed E-state index contributed by atoms with van der Waals surface area (Å²) in [5.74, 6) is -0.779. The van der Waals surface area contributed by atoms with Gasteiger partial charge < -0.3 is 15.8 Å². The minimum absolute atomic E-state index is 0.0502. The number of benzene rings is 1. The fourth-order valence-corrected chi connectivity index (χ4v) is 3.47. The van der Waals surface area contributed by atoms with Crippen molar-refractivity contribution in [2.24, 2.45) is 0 Å². The fourth-order valence-electron chi connectivity index (χ4n) is 2.09. The highest BCUT2D eigenvalue weighted by atomic mass is 32.2. The smallest absolute Gasteiger partial charge is 0.416 e. The molecule has 2 rings (SSSR count). The van der Waals surface area contributed by atoms with Crippen LogP contribution in [0.15, 0.2) is 28.3 Å². The summed E-state index contributed by atoms with van der Waals surface area (Å²) in [4.78, 5) is 20.1. The van der Waals surface area contributed by atoms with Crippen molar-refractivity contribution in [2.45, 2.75) is 16.2 Å². The Bertz CT molecular complexity index is 932. The van der Waals surface area contributed by atoms with Crippen molar-refractivity contribution in [1.82, 2.24) is 9.97 Å². The third-order valence-corrected chi connectivity index (χ3v) is 4.96. The lowest BCUT2D eigenvalue weighted by Gasteiger charge is -2.13.